The SMILES string of the molecule is CSC(=NCc1cccc(C(F)(F)F)c1)NC#N. The molecule has 0 radical (unpaired) electrons. The van der Waals surface area contributed by atoms with Crippen LogP contribution in [0.2, 0.25) is 0 Å². The second kappa shape index (κ2) is 6.31. The summed E-state index contributed by atoms with van der Waals surface area (Å²) in [7, 11) is 0. The Morgan fingerprint density at radius 1 is 1.50 bits per heavy atom. The first-order valence-electron chi connectivity index (χ1n) is 4.87. The number of nitrogens with zero attached hydrogens (tertiary/aromatic N) is 2. The van der Waals surface area contributed by atoms with Gasteiger partial charge < -0.3 is 0 Å². The Labute approximate surface area is 107 Å². The van der Waals surface area contributed by atoms with E-state index >= 15 is 0 Å². The number of nitriles is 1. The van der Waals surface area contributed by atoms with Gasteiger partial charge in [0, 0.05) is 0 Å². The number of nitrogens with one attached hydrogen (secondary N) is 1. The number of hydrogen-bond acceptors (Lipinski definition) is 3. The largest absolute Gasteiger partial charge is 0.416 e. The number of thioether (sulfide) groups is 1. The third kappa shape index (κ3) is 4.30. The van der Waals surface area contributed by atoms with Gasteiger partial charge in [-0.05, 0) is 24.0 Å². The van der Waals surface area contributed by atoms with Crippen LogP contribution in [0.1, 0.15) is 11.1 Å². The number of alkyl halides is 3. The molecule has 3 nitrogen and oxygen atoms in total. The van der Waals surface area contributed by atoms with Crippen molar-refractivity contribution in [3.8, 4) is 6.19 Å². The van der Waals surface area contributed by atoms with Crippen LogP contribution in [-0.4, -0.2) is 11.4 Å². The molecule has 0 heterocycles. The quantitative estimate of drug-likeness (QED) is 0.390. The molecule has 0 aliphatic heterocycles. The maximum absolute atomic E-state index is 12.5. The van der Waals surface area contributed by atoms with Crippen molar-refractivity contribution < 1.29 is 13.2 Å². The van der Waals surface area contributed by atoms with Crippen LogP contribution in [0, 0.1) is 11.5 Å². The standard InChI is InChI=1S/C11H10F3N3S/c1-18-10(17-7-15)16-6-8-3-2-4-9(5-8)11(12,13)14/h2-5H,6H2,1H3,(H,16,17). The van der Waals surface area contributed by atoms with Gasteiger partial charge in [-0.2, -0.15) is 18.4 Å². The zero-order chi connectivity index (χ0) is 13.6. The maximum atomic E-state index is 12.5. The molecule has 0 saturated carbocycles. The highest BCUT2D eigenvalue weighted by molar-refractivity contribution is 8.13. The molecule has 0 spiro atoms. The van der Waals surface area contributed by atoms with Crippen LogP contribution in [0.4, 0.5) is 13.2 Å². The Morgan fingerprint density at radius 3 is 2.78 bits per heavy atom. The fraction of sp³-hybridized carbons (Fsp3) is 0.273. The number of aliphatic imine (C=N–C) groups is 1. The highest BCUT2D eigenvalue weighted by Crippen LogP contribution is 2.29. The van der Waals surface area contributed by atoms with E-state index in [0.29, 0.717) is 10.7 Å². The van der Waals surface area contributed by atoms with E-state index in [9.17, 15) is 13.2 Å². The zero-order valence-corrected chi connectivity index (χ0v) is 10.3. The van der Waals surface area contributed by atoms with Crippen molar-refractivity contribution in [3.05, 3.63) is 35.4 Å². The fourth-order valence-corrected chi connectivity index (χ4v) is 1.55. The van der Waals surface area contributed by atoms with E-state index in [1.54, 1.807) is 18.5 Å². The van der Waals surface area contributed by atoms with Gasteiger partial charge in [-0.25, -0.2) is 0 Å². The van der Waals surface area contributed by atoms with Crippen molar-refractivity contribution >= 4 is 16.9 Å². The van der Waals surface area contributed by atoms with Gasteiger partial charge in [-0.15, -0.1) is 0 Å². The fourth-order valence-electron chi connectivity index (χ4n) is 1.21. The Hall–Kier alpha value is -1.68. The summed E-state index contributed by atoms with van der Waals surface area (Å²) in [6.07, 6.45) is -0.928. The molecule has 1 rings (SSSR count). The molecule has 0 aromatic heterocycles. The molecule has 0 aliphatic rings. The van der Waals surface area contributed by atoms with Crippen LogP contribution in [0.25, 0.3) is 0 Å². The molecule has 0 fully saturated rings. The van der Waals surface area contributed by atoms with Gasteiger partial charge >= 0.3 is 6.18 Å². The topological polar surface area (TPSA) is 48.2 Å². The third-order valence-electron chi connectivity index (χ3n) is 2.02. The third-order valence-corrected chi connectivity index (χ3v) is 2.63. The summed E-state index contributed by atoms with van der Waals surface area (Å²) < 4.78 is 37.4. The molecule has 1 N–H and O–H groups in total. The van der Waals surface area contributed by atoms with Crippen molar-refractivity contribution in [2.45, 2.75) is 12.7 Å². The number of rotatable bonds is 2. The van der Waals surface area contributed by atoms with E-state index in [-0.39, 0.29) is 6.54 Å². The second-order valence-electron chi connectivity index (χ2n) is 3.26. The Morgan fingerprint density at radius 2 is 2.22 bits per heavy atom. The first-order valence-corrected chi connectivity index (χ1v) is 6.09. The molecule has 18 heavy (non-hydrogen) atoms. The Kier molecular flexibility index (Phi) is 5.04. The van der Waals surface area contributed by atoms with E-state index in [0.717, 1.165) is 12.1 Å². The lowest BCUT2D eigenvalue weighted by molar-refractivity contribution is -0.137. The van der Waals surface area contributed by atoms with E-state index in [4.69, 9.17) is 5.26 Å². The monoisotopic (exact) mass is 273 g/mol. The second-order valence-corrected chi connectivity index (χ2v) is 4.06. The minimum Gasteiger partial charge on any atom is -0.272 e. The Bertz CT molecular complexity index is 477. The van der Waals surface area contributed by atoms with Crippen LogP contribution in [0.3, 0.4) is 0 Å². The van der Waals surface area contributed by atoms with E-state index in [2.05, 4.69) is 10.3 Å². The normalized spacial score (nSPS) is 12.1. The first kappa shape index (κ1) is 14.4. The van der Waals surface area contributed by atoms with Crippen LogP contribution in [-0.2, 0) is 12.7 Å². The maximum Gasteiger partial charge on any atom is 0.416 e. The van der Waals surface area contributed by atoms with Gasteiger partial charge in [0.05, 0.1) is 12.1 Å². The van der Waals surface area contributed by atoms with Gasteiger partial charge in [0.15, 0.2) is 11.4 Å². The van der Waals surface area contributed by atoms with Crippen molar-refractivity contribution in [2.24, 2.45) is 4.99 Å². The average molecular weight is 273 g/mol. The summed E-state index contributed by atoms with van der Waals surface area (Å²) in [5, 5.41) is 11.1. The summed E-state index contributed by atoms with van der Waals surface area (Å²) >= 11 is 1.22. The summed E-state index contributed by atoms with van der Waals surface area (Å²) in [4.78, 5) is 4.00. The predicted molar refractivity (Wildman–Crippen MR) is 64.8 cm³/mol. The highest BCUT2D eigenvalue weighted by Gasteiger charge is 2.30. The number of benzene rings is 1. The Balaban J connectivity index is 2.83. The molecular weight excluding hydrogens is 263 g/mol. The van der Waals surface area contributed by atoms with Crippen molar-refractivity contribution in [1.82, 2.24) is 5.32 Å². The highest BCUT2D eigenvalue weighted by atomic mass is 32.2. The molecule has 0 atom stereocenters. The number of halogens is 3. The summed E-state index contributed by atoms with van der Waals surface area (Å²) in [6, 6.07) is 4.96. The molecule has 0 bridgehead atoms. The lowest BCUT2D eigenvalue weighted by atomic mass is 10.1. The summed E-state index contributed by atoms with van der Waals surface area (Å²) in [5.74, 6) is 0. The molecule has 0 unspecified atom stereocenters. The van der Waals surface area contributed by atoms with Crippen LogP contribution >= 0.6 is 11.8 Å². The molecule has 0 aliphatic carbocycles. The van der Waals surface area contributed by atoms with Gasteiger partial charge in [0.1, 0.15) is 0 Å². The molecule has 7 heteroatoms. The molecular formula is C11H10F3N3S. The first-order chi connectivity index (χ1) is 8.47. The molecule has 96 valence electrons. The summed E-state index contributed by atoms with van der Waals surface area (Å²) in [5.41, 5.74) is -0.259. The lowest BCUT2D eigenvalue weighted by Gasteiger charge is -2.07. The van der Waals surface area contributed by atoms with E-state index < -0.39 is 11.7 Å². The van der Waals surface area contributed by atoms with Gasteiger partial charge in [-0.3, -0.25) is 10.3 Å². The molecule has 0 saturated heterocycles. The van der Waals surface area contributed by atoms with Crippen LogP contribution in [0.5, 0.6) is 0 Å². The molecule has 1 aromatic carbocycles. The summed E-state index contributed by atoms with van der Waals surface area (Å²) in [6.45, 7) is 0.0920. The zero-order valence-electron chi connectivity index (χ0n) is 9.45. The molecule has 1 aromatic rings. The smallest absolute Gasteiger partial charge is 0.272 e. The average Bonchev–Trinajstić information content (AvgIpc) is 2.34. The van der Waals surface area contributed by atoms with Crippen LogP contribution in [0.15, 0.2) is 29.3 Å². The van der Waals surface area contributed by atoms with Gasteiger partial charge in [0.25, 0.3) is 0 Å². The lowest BCUT2D eigenvalue weighted by Crippen LogP contribution is -2.13. The van der Waals surface area contributed by atoms with Crippen molar-refractivity contribution in [2.75, 3.05) is 6.26 Å². The number of amidine groups is 1. The minimum absolute atomic E-state index is 0.0920. The molecule has 0 amide bonds. The van der Waals surface area contributed by atoms with Crippen molar-refractivity contribution in [3.63, 3.8) is 0 Å². The van der Waals surface area contributed by atoms with Gasteiger partial charge in [-0.1, -0.05) is 23.9 Å². The van der Waals surface area contributed by atoms with E-state index in [1.807, 2.05) is 0 Å². The number of hydrogen-bond donors (Lipinski definition) is 1. The minimum atomic E-state index is -4.35. The van der Waals surface area contributed by atoms with Crippen LogP contribution < -0.4 is 5.32 Å². The van der Waals surface area contributed by atoms with Gasteiger partial charge in [0.2, 0.25) is 0 Å². The van der Waals surface area contributed by atoms with Crippen molar-refractivity contribution in [1.29, 1.82) is 5.26 Å². The predicted octanol–water partition coefficient (Wildman–Crippen LogP) is 3.00. The van der Waals surface area contributed by atoms with E-state index in [1.165, 1.54) is 17.8 Å².